The zero-order valence-electron chi connectivity index (χ0n) is 11.2. The Hall–Kier alpha value is -1.48. The molecule has 0 aliphatic carbocycles. The number of aryl methyl sites for hydroxylation is 2. The molecular weight excluding hydrogens is 212 g/mol. The van der Waals surface area contributed by atoms with Gasteiger partial charge in [0.05, 0.1) is 18.2 Å². The summed E-state index contributed by atoms with van der Waals surface area (Å²) in [5.41, 5.74) is 9.39. The van der Waals surface area contributed by atoms with Crippen molar-refractivity contribution in [1.82, 2.24) is 4.57 Å². The summed E-state index contributed by atoms with van der Waals surface area (Å²) in [6, 6.07) is 6.11. The van der Waals surface area contributed by atoms with Gasteiger partial charge in [0.2, 0.25) is 0 Å². The molecule has 0 amide bonds. The maximum atomic E-state index is 6.25. The Morgan fingerprint density at radius 2 is 1.94 bits per heavy atom. The smallest absolute Gasteiger partial charge is 0.143 e. The van der Waals surface area contributed by atoms with Crippen LogP contribution in [0, 0.1) is 6.92 Å². The molecular formula is C14H20N2O. The van der Waals surface area contributed by atoms with Gasteiger partial charge in [-0.25, -0.2) is 0 Å². The number of para-hydroxylation sites is 1. The number of benzene rings is 1. The number of methoxy groups -OCH3 is 1. The summed E-state index contributed by atoms with van der Waals surface area (Å²) in [7, 11) is 3.74. The summed E-state index contributed by atoms with van der Waals surface area (Å²) >= 11 is 0. The Bertz CT molecular complexity index is 562. The molecule has 2 N–H and O–H groups in total. The minimum Gasteiger partial charge on any atom is -0.495 e. The SMILES string of the molecule is COc1cccc2c(C)c(C(C)(C)N)n(C)c12. The molecule has 0 bridgehead atoms. The molecule has 2 rings (SSSR count). The van der Waals surface area contributed by atoms with E-state index in [1.54, 1.807) is 7.11 Å². The molecule has 2 aromatic rings. The van der Waals surface area contributed by atoms with Gasteiger partial charge in [0.15, 0.2) is 0 Å². The maximum absolute atomic E-state index is 6.25. The summed E-state index contributed by atoms with van der Waals surface area (Å²) < 4.78 is 7.57. The first-order valence-corrected chi connectivity index (χ1v) is 5.79. The predicted octanol–water partition coefficient (Wildman–Crippen LogP) is 2.69. The first-order chi connectivity index (χ1) is 7.88. The number of rotatable bonds is 2. The first-order valence-electron chi connectivity index (χ1n) is 5.79. The quantitative estimate of drug-likeness (QED) is 0.864. The van der Waals surface area contributed by atoms with Gasteiger partial charge in [-0.1, -0.05) is 12.1 Å². The molecule has 0 atom stereocenters. The normalized spacial score (nSPS) is 12.1. The Balaban J connectivity index is 2.90. The van der Waals surface area contributed by atoms with E-state index >= 15 is 0 Å². The van der Waals surface area contributed by atoms with Crippen LogP contribution in [0.15, 0.2) is 18.2 Å². The number of hydrogen-bond acceptors (Lipinski definition) is 2. The molecule has 3 nitrogen and oxygen atoms in total. The molecule has 0 fully saturated rings. The van der Waals surface area contributed by atoms with Crippen molar-refractivity contribution in [2.24, 2.45) is 12.8 Å². The zero-order chi connectivity index (χ0) is 12.8. The highest BCUT2D eigenvalue weighted by Crippen LogP contribution is 2.35. The van der Waals surface area contributed by atoms with Crippen LogP contribution in [0.1, 0.15) is 25.1 Å². The third-order valence-electron chi connectivity index (χ3n) is 3.26. The summed E-state index contributed by atoms with van der Waals surface area (Å²) in [5.74, 6) is 0.892. The largest absolute Gasteiger partial charge is 0.495 e. The molecule has 0 radical (unpaired) electrons. The molecule has 0 aliphatic heterocycles. The van der Waals surface area contributed by atoms with Crippen LogP contribution in [0.25, 0.3) is 10.9 Å². The van der Waals surface area contributed by atoms with Crippen LogP contribution in [-0.2, 0) is 12.6 Å². The fourth-order valence-electron chi connectivity index (χ4n) is 2.74. The fraction of sp³-hybridized carbons (Fsp3) is 0.429. The summed E-state index contributed by atoms with van der Waals surface area (Å²) in [6.45, 7) is 6.17. The van der Waals surface area contributed by atoms with Crippen LogP contribution in [0.3, 0.4) is 0 Å². The molecule has 0 saturated heterocycles. The van der Waals surface area contributed by atoms with Crippen molar-refractivity contribution in [2.45, 2.75) is 26.3 Å². The standard InChI is InChI=1S/C14H20N2O/c1-9-10-7-6-8-11(17-5)12(10)16(4)13(9)14(2,3)15/h6-8H,15H2,1-5H3. The van der Waals surface area contributed by atoms with E-state index in [1.165, 1.54) is 10.9 Å². The van der Waals surface area contributed by atoms with Crippen LogP contribution < -0.4 is 10.5 Å². The fourth-order valence-corrected chi connectivity index (χ4v) is 2.74. The van der Waals surface area contributed by atoms with E-state index in [2.05, 4.69) is 17.6 Å². The van der Waals surface area contributed by atoms with E-state index < -0.39 is 0 Å². The third kappa shape index (κ3) is 1.71. The third-order valence-corrected chi connectivity index (χ3v) is 3.26. The Kier molecular flexibility index (Phi) is 2.66. The summed E-state index contributed by atoms with van der Waals surface area (Å²) in [6.07, 6.45) is 0. The average Bonchev–Trinajstić information content (AvgIpc) is 2.51. The highest BCUT2D eigenvalue weighted by molar-refractivity contribution is 5.90. The van der Waals surface area contributed by atoms with E-state index in [-0.39, 0.29) is 5.54 Å². The first kappa shape index (κ1) is 12.0. The van der Waals surface area contributed by atoms with Gasteiger partial charge in [0, 0.05) is 18.1 Å². The van der Waals surface area contributed by atoms with Gasteiger partial charge in [-0.05, 0) is 32.4 Å². The predicted molar refractivity (Wildman–Crippen MR) is 71.4 cm³/mol. The number of fused-ring (bicyclic) bond motifs is 1. The molecule has 1 heterocycles. The maximum Gasteiger partial charge on any atom is 0.143 e. The number of ether oxygens (including phenoxy) is 1. The van der Waals surface area contributed by atoms with Crippen molar-refractivity contribution in [3.8, 4) is 5.75 Å². The lowest BCUT2D eigenvalue weighted by atomic mass is 9.98. The Morgan fingerprint density at radius 1 is 1.29 bits per heavy atom. The van der Waals surface area contributed by atoms with Crippen LogP contribution >= 0.6 is 0 Å². The van der Waals surface area contributed by atoms with E-state index in [9.17, 15) is 0 Å². The van der Waals surface area contributed by atoms with Gasteiger partial charge in [-0.2, -0.15) is 0 Å². The monoisotopic (exact) mass is 232 g/mol. The molecule has 17 heavy (non-hydrogen) atoms. The number of aromatic nitrogens is 1. The van der Waals surface area contributed by atoms with E-state index in [4.69, 9.17) is 10.5 Å². The second-order valence-electron chi connectivity index (χ2n) is 5.11. The highest BCUT2D eigenvalue weighted by Gasteiger charge is 2.24. The minimum atomic E-state index is -0.358. The van der Waals surface area contributed by atoms with Gasteiger partial charge in [0.25, 0.3) is 0 Å². The van der Waals surface area contributed by atoms with E-state index in [0.29, 0.717) is 0 Å². The second kappa shape index (κ2) is 3.77. The second-order valence-corrected chi connectivity index (χ2v) is 5.11. The summed E-state index contributed by atoms with van der Waals surface area (Å²) in [4.78, 5) is 0. The highest BCUT2D eigenvalue weighted by atomic mass is 16.5. The number of nitrogens with zero attached hydrogens (tertiary/aromatic N) is 1. The molecule has 0 saturated carbocycles. The lowest BCUT2D eigenvalue weighted by Crippen LogP contribution is -2.31. The zero-order valence-corrected chi connectivity index (χ0v) is 11.2. The molecule has 0 aliphatic rings. The van der Waals surface area contributed by atoms with Gasteiger partial charge < -0.3 is 15.0 Å². The number of nitrogens with two attached hydrogens (primary N) is 1. The van der Waals surface area contributed by atoms with Gasteiger partial charge in [0.1, 0.15) is 5.75 Å². The van der Waals surface area contributed by atoms with Crippen LogP contribution in [0.5, 0.6) is 5.75 Å². The van der Waals surface area contributed by atoms with Crippen molar-refractivity contribution < 1.29 is 4.74 Å². The van der Waals surface area contributed by atoms with Crippen LogP contribution in [0.4, 0.5) is 0 Å². The van der Waals surface area contributed by atoms with Crippen molar-refractivity contribution in [3.05, 3.63) is 29.5 Å². The Morgan fingerprint density at radius 3 is 2.47 bits per heavy atom. The van der Waals surface area contributed by atoms with Crippen molar-refractivity contribution in [3.63, 3.8) is 0 Å². The topological polar surface area (TPSA) is 40.2 Å². The van der Waals surface area contributed by atoms with E-state index in [1.807, 2.05) is 33.0 Å². The molecule has 1 aromatic heterocycles. The van der Waals surface area contributed by atoms with Gasteiger partial charge >= 0.3 is 0 Å². The van der Waals surface area contributed by atoms with Crippen LogP contribution in [0.2, 0.25) is 0 Å². The Labute approximate surface area is 102 Å². The van der Waals surface area contributed by atoms with Gasteiger partial charge in [-0.15, -0.1) is 0 Å². The number of hydrogen-bond donors (Lipinski definition) is 1. The van der Waals surface area contributed by atoms with E-state index in [0.717, 1.165) is 17.0 Å². The lowest BCUT2D eigenvalue weighted by Gasteiger charge is -2.21. The molecule has 92 valence electrons. The van der Waals surface area contributed by atoms with Crippen molar-refractivity contribution >= 4 is 10.9 Å². The molecule has 0 unspecified atom stereocenters. The summed E-state index contributed by atoms with van der Waals surface area (Å²) in [5, 5.41) is 1.21. The van der Waals surface area contributed by atoms with Crippen molar-refractivity contribution in [1.29, 1.82) is 0 Å². The van der Waals surface area contributed by atoms with Crippen LogP contribution in [-0.4, -0.2) is 11.7 Å². The van der Waals surface area contributed by atoms with Crippen molar-refractivity contribution in [2.75, 3.05) is 7.11 Å². The molecule has 1 aromatic carbocycles. The molecule has 0 spiro atoms. The molecule has 3 heteroatoms. The van der Waals surface area contributed by atoms with Gasteiger partial charge in [-0.3, -0.25) is 0 Å². The minimum absolute atomic E-state index is 0.358. The average molecular weight is 232 g/mol. The lowest BCUT2D eigenvalue weighted by molar-refractivity contribution is 0.417.